The smallest absolute Gasteiger partial charge is 0.328 e. The summed E-state index contributed by atoms with van der Waals surface area (Å²) >= 11 is 0. The molecule has 114 valence electrons. The second kappa shape index (κ2) is 6.69. The molecule has 0 saturated carbocycles. The molecule has 0 radical (unpaired) electrons. The molecule has 1 aromatic carbocycles. The maximum atomic E-state index is 11.7. The number of esters is 1. The predicted molar refractivity (Wildman–Crippen MR) is 75.9 cm³/mol. The van der Waals surface area contributed by atoms with Crippen LogP contribution in [0.3, 0.4) is 0 Å². The van der Waals surface area contributed by atoms with Gasteiger partial charge >= 0.3 is 5.97 Å². The number of nitrogens with one attached hydrogen (secondary N) is 1. The topological polar surface area (TPSA) is 125 Å². The van der Waals surface area contributed by atoms with E-state index in [9.17, 15) is 19.7 Å². The monoisotopic (exact) mass is 295 g/mol. The number of methoxy groups -OCH3 is 1. The van der Waals surface area contributed by atoms with E-state index in [0.717, 1.165) is 6.07 Å². The third-order valence-corrected chi connectivity index (χ3v) is 2.91. The molecule has 8 heteroatoms. The lowest BCUT2D eigenvalue weighted by atomic mass is 10.0. The fourth-order valence-electron chi connectivity index (χ4n) is 1.76. The fraction of sp³-hybridized carbons (Fsp3) is 0.385. The highest BCUT2D eigenvalue weighted by Gasteiger charge is 2.26. The number of anilines is 1. The summed E-state index contributed by atoms with van der Waals surface area (Å²) in [6, 6.07) is 2.89. The Bertz CT molecular complexity index is 571. The minimum atomic E-state index is -0.781. The summed E-state index contributed by atoms with van der Waals surface area (Å²) < 4.78 is 4.66. The van der Waals surface area contributed by atoms with Crippen molar-refractivity contribution in [3.05, 3.63) is 33.9 Å². The second-order valence-electron chi connectivity index (χ2n) is 4.74. The minimum absolute atomic E-state index is 0.0420. The Morgan fingerprint density at radius 1 is 1.38 bits per heavy atom. The maximum absolute atomic E-state index is 11.7. The summed E-state index contributed by atoms with van der Waals surface area (Å²) in [7, 11) is 1.23. The fourth-order valence-corrected chi connectivity index (χ4v) is 1.76. The van der Waals surface area contributed by atoms with Gasteiger partial charge in [0, 0.05) is 11.6 Å². The van der Waals surface area contributed by atoms with E-state index in [2.05, 4.69) is 10.1 Å². The van der Waals surface area contributed by atoms with E-state index in [0.29, 0.717) is 0 Å². The molecular weight excluding hydrogens is 278 g/mol. The van der Waals surface area contributed by atoms with Gasteiger partial charge in [0.25, 0.3) is 5.69 Å². The van der Waals surface area contributed by atoms with Gasteiger partial charge in [0.1, 0.15) is 11.7 Å². The summed E-state index contributed by atoms with van der Waals surface area (Å²) in [5.41, 5.74) is 5.05. The Hall–Kier alpha value is -2.64. The van der Waals surface area contributed by atoms with Crippen molar-refractivity contribution in [2.24, 2.45) is 11.7 Å². The van der Waals surface area contributed by atoms with E-state index < -0.39 is 22.8 Å². The van der Waals surface area contributed by atoms with Crippen LogP contribution in [0.1, 0.15) is 24.2 Å². The lowest BCUT2D eigenvalue weighted by Gasteiger charge is -2.21. The largest absolute Gasteiger partial charge is 0.467 e. The highest BCUT2D eigenvalue weighted by Crippen LogP contribution is 2.27. The van der Waals surface area contributed by atoms with Crippen LogP contribution >= 0.6 is 0 Å². The van der Waals surface area contributed by atoms with Gasteiger partial charge in [-0.25, -0.2) is 4.79 Å². The van der Waals surface area contributed by atoms with Gasteiger partial charge in [-0.2, -0.15) is 0 Å². The number of rotatable bonds is 6. The van der Waals surface area contributed by atoms with Crippen LogP contribution < -0.4 is 11.1 Å². The molecule has 0 aromatic heterocycles. The highest BCUT2D eigenvalue weighted by atomic mass is 16.6. The molecule has 0 saturated heterocycles. The zero-order valence-corrected chi connectivity index (χ0v) is 12.0. The Morgan fingerprint density at radius 2 is 2.00 bits per heavy atom. The Morgan fingerprint density at radius 3 is 2.43 bits per heavy atom. The normalized spacial score (nSPS) is 11.8. The average Bonchev–Trinajstić information content (AvgIpc) is 2.42. The molecule has 0 bridgehead atoms. The molecule has 0 aliphatic rings. The number of amides is 1. The van der Waals surface area contributed by atoms with Gasteiger partial charge in [-0.05, 0) is 18.1 Å². The number of carbonyl (C=O) groups excluding carboxylic acids is 2. The van der Waals surface area contributed by atoms with Gasteiger partial charge in [0.05, 0.1) is 12.0 Å². The minimum Gasteiger partial charge on any atom is -0.467 e. The summed E-state index contributed by atoms with van der Waals surface area (Å²) in [6.07, 6.45) is 0. The first kappa shape index (κ1) is 16.4. The van der Waals surface area contributed by atoms with Crippen molar-refractivity contribution in [1.82, 2.24) is 0 Å². The number of primary amides is 1. The molecule has 0 aliphatic heterocycles. The first-order chi connectivity index (χ1) is 9.77. The summed E-state index contributed by atoms with van der Waals surface area (Å²) in [5.74, 6) is -1.44. The number of benzene rings is 1. The predicted octanol–water partition coefficient (Wildman–Crippen LogP) is 1.30. The van der Waals surface area contributed by atoms with E-state index in [1.54, 1.807) is 13.8 Å². The van der Waals surface area contributed by atoms with Crippen LogP contribution in [0.2, 0.25) is 0 Å². The van der Waals surface area contributed by atoms with E-state index in [1.165, 1.54) is 19.2 Å². The third kappa shape index (κ3) is 3.91. The number of nitrogens with two attached hydrogens (primary N) is 1. The van der Waals surface area contributed by atoms with E-state index in [-0.39, 0.29) is 22.9 Å². The maximum Gasteiger partial charge on any atom is 0.328 e. The van der Waals surface area contributed by atoms with Crippen LogP contribution in [-0.2, 0) is 9.53 Å². The zero-order valence-electron chi connectivity index (χ0n) is 12.0. The highest BCUT2D eigenvalue weighted by molar-refractivity contribution is 5.95. The van der Waals surface area contributed by atoms with Gasteiger partial charge in [0.15, 0.2) is 0 Å². The molecular formula is C13H17N3O5. The molecule has 1 aromatic rings. The van der Waals surface area contributed by atoms with Crippen molar-refractivity contribution in [3.63, 3.8) is 0 Å². The molecule has 0 fully saturated rings. The molecule has 3 N–H and O–H groups in total. The van der Waals surface area contributed by atoms with Crippen molar-refractivity contribution in [3.8, 4) is 0 Å². The van der Waals surface area contributed by atoms with Gasteiger partial charge in [-0.1, -0.05) is 13.8 Å². The molecule has 0 heterocycles. The van der Waals surface area contributed by atoms with Crippen molar-refractivity contribution in [2.75, 3.05) is 12.4 Å². The van der Waals surface area contributed by atoms with Crippen molar-refractivity contribution < 1.29 is 19.2 Å². The molecule has 1 amide bonds. The molecule has 21 heavy (non-hydrogen) atoms. The second-order valence-corrected chi connectivity index (χ2v) is 4.74. The van der Waals surface area contributed by atoms with Crippen LogP contribution in [-0.4, -0.2) is 30.0 Å². The van der Waals surface area contributed by atoms with Crippen molar-refractivity contribution in [1.29, 1.82) is 0 Å². The van der Waals surface area contributed by atoms with E-state index >= 15 is 0 Å². The van der Waals surface area contributed by atoms with Crippen molar-refractivity contribution >= 4 is 23.3 Å². The number of nitrogens with zero attached hydrogens (tertiary/aromatic N) is 1. The number of nitro benzene ring substituents is 1. The van der Waals surface area contributed by atoms with Crippen LogP contribution in [0.4, 0.5) is 11.4 Å². The van der Waals surface area contributed by atoms with Gasteiger partial charge in [0.2, 0.25) is 5.91 Å². The van der Waals surface area contributed by atoms with Gasteiger partial charge < -0.3 is 15.8 Å². The zero-order chi connectivity index (χ0) is 16.2. The number of hydrogen-bond donors (Lipinski definition) is 2. The van der Waals surface area contributed by atoms with Crippen LogP contribution in [0, 0.1) is 16.0 Å². The van der Waals surface area contributed by atoms with E-state index in [1.807, 2.05) is 0 Å². The standard InChI is InChI=1S/C13H17N3O5/c1-7(2)11(13(18)21-3)15-9-6-8(12(14)17)4-5-10(9)16(19)20/h4-7,11,15H,1-3H3,(H2,14,17). The summed E-state index contributed by atoms with van der Waals surface area (Å²) in [4.78, 5) is 33.3. The lowest BCUT2D eigenvalue weighted by molar-refractivity contribution is -0.384. The first-order valence-electron chi connectivity index (χ1n) is 6.20. The quantitative estimate of drug-likeness (QED) is 0.463. The molecule has 1 unspecified atom stereocenters. The number of carbonyl (C=O) groups is 2. The first-order valence-corrected chi connectivity index (χ1v) is 6.20. The third-order valence-electron chi connectivity index (χ3n) is 2.91. The van der Waals surface area contributed by atoms with Gasteiger partial charge in [-0.15, -0.1) is 0 Å². The number of ether oxygens (including phenoxy) is 1. The molecule has 8 nitrogen and oxygen atoms in total. The average molecular weight is 295 g/mol. The molecule has 0 spiro atoms. The summed E-state index contributed by atoms with van der Waals surface area (Å²) in [6.45, 7) is 3.52. The molecule has 0 aliphatic carbocycles. The SMILES string of the molecule is COC(=O)C(Nc1cc(C(N)=O)ccc1[N+](=O)[O-])C(C)C. The Labute approximate surface area is 121 Å². The number of nitro groups is 1. The molecule has 1 rings (SSSR count). The van der Waals surface area contributed by atoms with Crippen molar-refractivity contribution in [2.45, 2.75) is 19.9 Å². The van der Waals surface area contributed by atoms with Gasteiger partial charge in [-0.3, -0.25) is 14.9 Å². The van der Waals surface area contributed by atoms with Crippen LogP contribution in [0.5, 0.6) is 0 Å². The number of hydrogen-bond acceptors (Lipinski definition) is 6. The van der Waals surface area contributed by atoms with Crippen LogP contribution in [0.15, 0.2) is 18.2 Å². The lowest BCUT2D eigenvalue weighted by Crippen LogP contribution is -2.35. The summed E-state index contributed by atoms with van der Waals surface area (Å²) in [5, 5.41) is 13.8. The molecule has 1 atom stereocenters. The Kier molecular flexibility index (Phi) is 5.23. The Balaban J connectivity index is 3.25. The van der Waals surface area contributed by atoms with Crippen LogP contribution in [0.25, 0.3) is 0 Å². The van der Waals surface area contributed by atoms with E-state index in [4.69, 9.17) is 5.73 Å².